The van der Waals surface area contributed by atoms with Gasteiger partial charge in [0.2, 0.25) is 0 Å². The van der Waals surface area contributed by atoms with Crippen molar-refractivity contribution in [2.24, 2.45) is 0 Å². The third kappa shape index (κ3) is 4.29. The van der Waals surface area contributed by atoms with Gasteiger partial charge in [-0.3, -0.25) is 9.80 Å². The number of piperazine rings is 1. The average Bonchev–Trinajstić information content (AvgIpc) is 3.18. The number of tetrazole rings is 1. The van der Waals surface area contributed by atoms with Crippen LogP contribution in [0.25, 0.3) is 0 Å². The van der Waals surface area contributed by atoms with Crippen molar-refractivity contribution in [2.75, 3.05) is 26.2 Å². The molecule has 0 unspecified atom stereocenters. The number of nitrogens with zero attached hydrogens (tertiary/aromatic N) is 6. The molecule has 0 saturated carbocycles. The summed E-state index contributed by atoms with van der Waals surface area (Å²) in [6.45, 7) is 7.96. The minimum atomic E-state index is 0.301. The van der Waals surface area contributed by atoms with E-state index in [2.05, 4.69) is 92.9 Å². The molecule has 1 saturated heterocycles. The first-order valence-corrected chi connectivity index (χ1v) is 10.2. The van der Waals surface area contributed by atoms with E-state index in [-0.39, 0.29) is 0 Å². The van der Waals surface area contributed by atoms with Crippen molar-refractivity contribution in [3.8, 4) is 0 Å². The number of rotatable bonds is 7. The number of aromatic nitrogens is 4. The van der Waals surface area contributed by atoms with E-state index >= 15 is 0 Å². The Labute approximate surface area is 166 Å². The van der Waals surface area contributed by atoms with Crippen molar-refractivity contribution in [1.82, 2.24) is 30.0 Å². The Hall–Kier alpha value is -2.57. The standard InChI is InChI=1S/C22H28N6/c1-2-13-28-21(23-24-25-28)18-26-14-16-27(17-15-26)22(19-9-5-3-6-10-19)20-11-7-4-8-12-20/h3-12,22H,2,13-18H2,1H3. The molecule has 1 aliphatic heterocycles. The summed E-state index contributed by atoms with van der Waals surface area (Å²) in [5, 5.41) is 12.2. The fourth-order valence-electron chi connectivity index (χ4n) is 3.99. The largest absolute Gasteiger partial charge is 0.293 e. The van der Waals surface area contributed by atoms with Crippen molar-refractivity contribution in [3.63, 3.8) is 0 Å². The first kappa shape index (κ1) is 18.8. The molecule has 6 heteroatoms. The molecule has 3 aromatic rings. The van der Waals surface area contributed by atoms with Crippen molar-refractivity contribution in [2.45, 2.75) is 32.5 Å². The van der Waals surface area contributed by atoms with Gasteiger partial charge in [0, 0.05) is 32.7 Å². The van der Waals surface area contributed by atoms with Gasteiger partial charge in [-0.1, -0.05) is 67.6 Å². The fourth-order valence-corrected chi connectivity index (χ4v) is 3.99. The Morgan fingerprint density at radius 3 is 2.04 bits per heavy atom. The third-order valence-electron chi connectivity index (χ3n) is 5.41. The van der Waals surface area contributed by atoms with Crippen molar-refractivity contribution in [3.05, 3.63) is 77.6 Å². The van der Waals surface area contributed by atoms with Crippen molar-refractivity contribution < 1.29 is 0 Å². The van der Waals surface area contributed by atoms with Crippen LogP contribution in [-0.2, 0) is 13.1 Å². The van der Waals surface area contributed by atoms with Gasteiger partial charge in [-0.05, 0) is 28.0 Å². The van der Waals surface area contributed by atoms with E-state index in [9.17, 15) is 0 Å². The molecular weight excluding hydrogens is 348 g/mol. The van der Waals surface area contributed by atoms with E-state index in [1.54, 1.807) is 0 Å². The molecule has 1 aliphatic rings. The topological polar surface area (TPSA) is 50.1 Å². The molecule has 6 nitrogen and oxygen atoms in total. The summed E-state index contributed by atoms with van der Waals surface area (Å²) in [6.07, 6.45) is 1.04. The van der Waals surface area contributed by atoms with Gasteiger partial charge in [0.05, 0.1) is 12.6 Å². The smallest absolute Gasteiger partial charge is 0.165 e. The van der Waals surface area contributed by atoms with Crippen LogP contribution in [-0.4, -0.2) is 56.2 Å². The Balaban J connectivity index is 1.45. The number of hydrogen-bond donors (Lipinski definition) is 0. The molecule has 28 heavy (non-hydrogen) atoms. The quantitative estimate of drug-likeness (QED) is 0.634. The van der Waals surface area contributed by atoms with Gasteiger partial charge in [0.25, 0.3) is 0 Å². The number of aryl methyl sites for hydroxylation is 1. The van der Waals surface area contributed by atoms with Crippen LogP contribution in [0, 0.1) is 0 Å². The van der Waals surface area contributed by atoms with E-state index in [1.807, 2.05) is 4.68 Å². The summed E-state index contributed by atoms with van der Waals surface area (Å²) < 4.78 is 1.93. The van der Waals surface area contributed by atoms with Crippen LogP contribution in [0.2, 0.25) is 0 Å². The first-order valence-electron chi connectivity index (χ1n) is 10.2. The SMILES string of the molecule is CCCn1nnnc1CN1CCN(C(c2ccccc2)c2ccccc2)CC1. The summed E-state index contributed by atoms with van der Waals surface area (Å²) in [7, 11) is 0. The molecule has 0 N–H and O–H groups in total. The zero-order valence-electron chi connectivity index (χ0n) is 16.5. The highest BCUT2D eigenvalue weighted by molar-refractivity contribution is 5.31. The van der Waals surface area contributed by atoms with Gasteiger partial charge in [-0.2, -0.15) is 0 Å². The molecule has 4 rings (SSSR count). The zero-order valence-corrected chi connectivity index (χ0v) is 16.5. The third-order valence-corrected chi connectivity index (χ3v) is 5.41. The molecule has 0 radical (unpaired) electrons. The zero-order chi connectivity index (χ0) is 19.2. The van der Waals surface area contributed by atoms with Crippen molar-refractivity contribution >= 4 is 0 Å². The highest BCUT2D eigenvalue weighted by atomic mass is 15.5. The number of benzene rings is 2. The summed E-state index contributed by atoms with van der Waals surface area (Å²) in [4.78, 5) is 5.05. The van der Waals surface area contributed by atoms with E-state index < -0.39 is 0 Å². The lowest BCUT2D eigenvalue weighted by Gasteiger charge is -2.39. The molecule has 146 valence electrons. The van der Waals surface area contributed by atoms with Crippen LogP contribution in [0.15, 0.2) is 60.7 Å². The monoisotopic (exact) mass is 376 g/mol. The lowest BCUT2D eigenvalue weighted by atomic mass is 9.96. The Morgan fingerprint density at radius 1 is 0.857 bits per heavy atom. The van der Waals surface area contributed by atoms with E-state index in [4.69, 9.17) is 0 Å². The van der Waals surface area contributed by atoms with Crippen molar-refractivity contribution in [1.29, 1.82) is 0 Å². The van der Waals surface area contributed by atoms with Gasteiger partial charge in [0.1, 0.15) is 0 Å². The Kier molecular flexibility index (Phi) is 6.09. The van der Waals surface area contributed by atoms with E-state index in [0.717, 1.165) is 51.5 Å². The van der Waals surface area contributed by atoms with Crippen LogP contribution in [0.5, 0.6) is 0 Å². The maximum absolute atomic E-state index is 4.22. The molecule has 2 heterocycles. The molecule has 0 spiro atoms. The normalized spacial score (nSPS) is 15.9. The minimum absolute atomic E-state index is 0.301. The summed E-state index contributed by atoms with van der Waals surface area (Å²) in [6, 6.07) is 22.0. The molecule has 0 aliphatic carbocycles. The van der Waals surface area contributed by atoms with Gasteiger partial charge in [-0.15, -0.1) is 5.10 Å². The lowest BCUT2D eigenvalue weighted by Crippen LogP contribution is -2.47. The van der Waals surface area contributed by atoms with E-state index in [0.29, 0.717) is 6.04 Å². The highest BCUT2D eigenvalue weighted by Gasteiger charge is 2.26. The Morgan fingerprint density at radius 2 is 1.46 bits per heavy atom. The van der Waals surface area contributed by atoms with Gasteiger partial charge >= 0.3 is 0 Å². The highest BCUT2D eigenvalue weighted by Crippen LogP contribution is 2.29. The van der Waals surface area contributed by atoms with E-state index in [1.165, 1.54) is 11.1 Å². The predicted molar refractivity (Wildman–Crippen MR) is 110 cm³/mol. The maximum Gasteiger partial charge on any atom is 0.165 e. The van der Waals surface area contributed by atoms with Crippen LogP contribution < -0.4 is 0 Å². The fraction of sp³-hybridized carbons (Fsp3) is 0.409. The molecule has 1 aromatic heterocycles. The second-order valence-electron chi connectivity index (χ2n) is 7.35. The van der Waals surface area contributed by atoms with Crippen LogP contribution in [0.1, 0.15) is 36.3 Å². The molecule has 0 bridgehead atoms. The summed E-state index contributed by atoms with van der Waals surface area (Å²) >= 11 is 0. The van der Waals surface area contributed by atoms with Gasteiger partial charge in [0.15, 0.2) is 5.82 Å². The minimum Gasteiger partial charge on any atom is -0.293 e. The predicted octanol–water partition coefficient (Wildman–Crippen LogP) is 2.99. The lowest BCUT2D eigenvalue weighted by molar-refractivity contribution is 0.102. The second-order valence-corrected chi connectivity index (χ2v) is 7.35. The summed E-state index contributed by atoms with van der Waals surface area (Å²) in [5.74, 6) is 0.970. The average molecular weight is 377 g/mol. The molecular formula is C22H28N6. The summed E-state index contributed by atoms with van der Waals surface area (Å²) in [5.41, 5.74) is 2.71. The van der Waals surface area contributed by atoms with Crippen LogP contribution in [0.3, 0.4) is 0 Å². The van der Waals surface area contributed by atoms with Gasteiger partial charge < -0.3 is 0 Å². The first-order chi connectivity index (χ1) is 13.8. The molecule has 2 aromatic carbocycles. The van der Waals surface area contributed by atoms with Gasteiger partial charge in [-0.25, -0.2) is 4.68 Å². The molecule has 0 amide bonds. The van der Waals surface area contributed by atoms with Crippen LogP contribution >= 0.6 is 0 Å². The number of hydrogen-bond acceptors (Lipinski definition) is 5. The maximum atomic E-state index is 4.22. The Bertz CT molecular complexity index is 800. The second kappa shape index (κ2) is 9.08. The molecule has 0 atom stereocenters. The van der Waals surface area contributed by atoms with Crippen LogP contribution in [0.4, 0.5) is 0 Å². The molecule has 1 fully saturated rings.